The molecule has 7 nitrogen and oxygen atoms in total. The molecule has 0 atom stereocenters. The predicted molar refractivity (Wildman–Crippen MR) is 93.4 cm³/mol. The van der Waals surface area contributed by atoms with Crippen molar-refractivity contribution >= 4 is 23.7 Å². The Hall–Kier alpha value is -3.26. The van der Waals surface area contributed by atoms with Crippen LogP contribution in [-0.4, -0.2) is 38.9 Å². The Labute approximate surface area is 148 Å². The third-order valence-corrected chi connectivity index (χ3v) is 4.00. The second-order valence-electron chi connectivity index (χ2n) is 5.98. The van der Waals surface area contributed by atoms with Gasteiger partial charge >= 0.3 is 0 Å². The summed E-state index contributed by atoms with van der Waals surface area (Å²) in [6.45, 7) is 0. The summed E-state index contributed by atoms with van der Waals surface area (Å²) >= 11 is 0. The van der Waals surface area contributed by atoms with Crippen LogP contribution in [0.25, 0.3) is 0 Å². The average Bonchev–Trinajstić information content (AvgIpc) is 3.48. The molecular weight excluding hydrogens is 337 g/mol. The minimum absolute atomic E-state index is 0.0233. The lowest BCUT2D eigenvalue weighted by Crippen LogP contribution is -2.18. The van der Waals surface area contributed by atoms with Crippen molar-refractivity contribution < 1.29 is 14.4 Å². The molecule has 0 aromatic carbocycles. The summed E-state index contributed by atoms with van der Waals surface area (Å²) in [5.74, 6) is -0.715. The van der Waals surface area contributed by atoms with Crippen LogP contribution in [0.3, 0.4) is 0 Å². The molecule has 26 heavy (non-hydrogen) atoms. The first-order valence-electron chi connectivity index (χ1n) is 8.05. The van der Waals surface area contributed by atoms with Crippen molar-refractivity contribution in [1.29, 1.82) is 0 Å². The molecule has 0 radical (unpaired) electrons. The average molecular weight is 351 g/mol. The van der Waals surface area contributed by atoms with E-state index in [4.69, 9.17) is 0 Å². The zero-order valence-electron chi connectivity index (χ0n) is 13.6. The van der Waals surface area contributed by atoms with Gasteiger partial charge in [0, 0.05) is 35.6 Å². The van der Waals surface area contributed by atoms with Crippen molar-refractivity contribution in [3.8, 4) is 0 Å². The van der Waals surface area contributed by atoms with E-state index in [1.807, 2.05) is 0 Å². The fraction of sp³-hybridized carbons (Fsp3) is 0.167. The van der Waals surface area contributed by atoms with Gasteiger partial charge in [0.05, 0.1) is 18.1 Å². The number of pyridine rings is 1. The fourth-order valence-electron chi connectivity index (χ4n) is 2.52. The Morgan fingerprint density at radius 2 is 2.23 bits per heavy atom. The highest BCUT2D eigenvalue weighted by Gasteiger charge is 2.30. The molecule has 1 amide bonds. The van der Waals surface area contributed by atoms with Crippen LogP contribution in [0.2, 0.25) is 0 Å². The number of halogens is 1. The highest BCUT2D eigenvalue weighted by Crippen LogP contribution is 2.31. The number of amides is 1. The molecule has 0 spiro atoms. The maximum absolute atomic E-state index is 14.3. The topological polar surface area (TPSA) is 90.5 Å². The second-order valence-corrected chi connectivity index (χ2v) is 5.98. The van der Waals surface area contributed by atoms with Crippen LogP contribution in [0.5, 0.6) is 0 Å². The lowest BCUT2D eigenvalue weighted by atomic mass is 10.0. The smallest absolute Gasteiger partial charge is 0.250 e. The zero-order valence-corrected chi connectivity index (χ0v) is 13.6. The Morgan fingerprint density at radius 3 is 2.92 bits per heavy atom. The summed E-state index contributed by atoms with van der Waals surface area (Å²) in [6, 6.07) is 3.49. The van der Waals surface area contributed by atoms with Crippen molar-refractivity contribution in [2.24, 2.45) is 20.9 Å². The molecule has 8 heteroatoms. The fourth-order valence-corrected chi connectivity index (χ4v) is 2.52. The number of nitrogens with zero attached hydrogens (tertiary/aromatic N) is 5. The maximum Gasteiger partial charge on any atom is 0.250 e. The molecule has 1 N–H and O–H groups in total. The summed E-state index contributed by atoms with van der Waals surface area (Å²) in [4.78, 5) is 28.7. The first-order chi connectivity index (χ1) is 12.6. The van der Waals surface area contributed by atoms with E-state index in [0.29, 0.717) is 16.3 Å². The minimum atomic E-state index is -0.659. The normalized spacial score (nSPS) is 23.9. The van der Waals surface area contributed by atoms with E-state index >= 15 is 0 Å². The van der Waals surface area contributed by atoms with Gasteiger partial charge in [0.1, 0.15) is 5.71 Å². The predicted octanol–water partition coefficient (Wildman–Crippen LogP) is 2.57. The third kappa shape index (κ3) is 3.27. The summed E-state index contributed by atoms with van der Waals surface area (Å²) in [5.41, 5.74) is 1.42. The number of allylic oxidation sites excluding steroid dienone is 4. The van der Waals surface area contributed by atoms with Crippen molar-refractivity contribution in [2.75, 3.05) is 0 Å². The molecule has 4 rings (SSSR count). The summed E-state index contributed by atoms with van der Waals surface area (Å²) in [6.07, 6.45) is 9.84. The van der Waals surface area contributed by atoms with Crippen molar-refractivity contribution in [2.45, 2.75) is 12.8 Å². The van der Waals surface area contributed by atoms with Crippen LogP contribution in [-0.2, 0) is 4.79 Å². The number of hydrogen-bond donors (Lipinski definition) is 1. The van der Waals surface area contributed by atoms with E-state index in [1.54, 1.807) is 24.5 Å². The lowest BCUT2D eigenvalue weighted by Gasteiger charge is -2.17. The van der Waals surface area contributed by atoms with Crippen molar-refractivity contribution in [1.82, 2.24) is 10.0 Å². The number of carbonyl (C=O) groups is 1. The first kappa shape index (κ1) is 16.2. The van der Waals surface area contributed by atoms with Gasteiger partial charge in [-0.25, -0.2) is 19.4 Å². The molecule has 1 saturated carbocycles. The van der Waals surface area contributed by atoms with Crippen LogP contribution in [0.4, 0.5) is 4.39 Å². The van der Waals surface area contributed by atoms with E-state index in [9.17, 15) is 14.4 Å². The minimum Gasteiger partial charge on any atom is -0.285 e. The number of rotatable bonds is 2. The van der Waals surface area contributed by atoms with Crippen LogP contribution in [0.1, 0.15) is 18.4 Å². The van der Waals surface area contributed by atoms with E-state index in [1.165, 1.54) is 18.5 Å². The molecule has 3 heterocycles. The molecule has 3 aliphatic rings. The lowest BCUT2D eigenvalue weighted by molar-refractivity contribution is -0.118. The molecule has 0 saturated heterocycles. The number of carbonyl (C=O) groups excluding carboxylic acids is 1. The van der Waals surface area contributed by atoms with Gasteiger partial charge in [-0.2, -0.15) is 4.99 Å². The second kappa shape index (κ2) is 6.57. The third-order valence-electron chi connectivity index (χ3n) is 4.00. The number of amidine groups is 1. The Balaban J connectivity index is 1.80. The van der Waals surface area contributed by atoms with Crippen LogP contribution >= 0.6 is 0 Å². The van der Waals surface area contributed by atoms with Crippen LogP contribution in [0.15, 0.2) is 75.1 Å². The van der Waals surface area contributed by atoms with E-state index in [2.05, 4.69) is 20.0 Å². The number of hydrogen-bond acceptors (Lipinski definition) is 5. The van der Waals surface area contributed by atoms with Crippen LogP contribution < -0.4 is 0 Å². The Kier molecular flexibility index (Phi) is 4.10. The molecule has 1 fully saturated rings. The molecule has 1 aromatic rings. The van der Waals surface area contributed by atoms with Gasteiger partial charge in [0.25, 0.3) is 5.91 Å². The largest absolute Gasteiger partial charge is 0.285 e. The molecule has 130 valence electrons. The van der Waals surface area contributed by atoms with Gasteiger partial charge in [-0.05, 0) is 31.1 Å². The standard InChI is InChI=1S/C18H14FN5O2/c19-14-10-24(26)7-5-13(14)17-16(12-2-1-6-20-8-12)22-15(9-21-17)23-18(25)11-3-4-11/h1-2,5-11,26H,3-4H2/b17-13-,23-15?. The van der Waals surface area contributed by atoms with Crippen molar-refractivity contribution in [3.05, 3.63) is 65.7 Å². The van der Waals surface area contributed by atoms with E-state index in [-0.39, 0.29) is 28.9 Å². The molecule has 1 aromatic heterocycles. The zero-order chi connectivity index (χ0) is 18.1. The maximum atomic E-state index is 14.3. The highest BCUT2D eigenvalue weighted by molar-refractivity contribution is 6.39. The molecule has 0 bridgehead atoms. The summed E-state index contributed by atoms with van der Waals surface area (Å²) < 4.78 is 14.3. The monoisotopic (exact) mass is 351 g/mol. The number of hydroxylamine groups is 2. The SMILES string of the molecule is O=C(N=C1C=N/C(=C2/C=CN(O)C=C2F)C(c2cccnc2)=N1)C1CC1. The van der Waals surface area contributed by atoms with Gasteiger partial charge in [-0.3, -0.25) is 15.0 Å². The number of aromatic nitrogens is 1. The Morgan fingerprint density at radius 1 is 1.38 bits per heavy atom. The molecule has 0 unspecified atom stereocenters. The van der Waals surface area contributed by atoms with E-state index in [0.717, 1.165) is 19.0 Å². The van der Waals surface area contributed by atoms with Gasteiger partial charge < -0.3 is 0 Å². The van der Waals surface area contributed by atoms with Crippen LogP contribution in [0, 0.1) is 5.92 Å². The summed E-state index contributed by atoms with van der Waals surface area (Å²) in [5, 5.41) is 9.97. The van der Waals surface area contributed by atoms with Gasteiger partial charge in [0.2, 0.25) is 0 Å². The molecule has 1 aliphatic carbocycles. The van der Waals surface area contributed by atoms with Gasteiger partial charge in [-0.1, -0.05) is 0 Å². The van der Waals surface area contributed by atoms with Gasteiger partial charge in [0.15, 0.2) is 11.7 Å². The Bertz CT molecular complexity index is 940. The molecule has 2 aliphatic heterocycles. The highest BCUT2D eigenvalue weighted by atomic mass is 19.1. The van der Waals surface area contributed by atoms with Crippen molar-refractivity contribution in [3.63, 3.8) is 0 Å². The quantitative estimate of drug-likeness (QED) is 0.887. The summed E-state index contributed by atoms with van der Waals surface area (Å²) in [7, 11) is 0. The van der Waals surface area contributed by atoms with E-state index < -0.39 is 5.83 Å². The molecular formula is C18H14FN5O2. The van der Waals surface area contributed by atoms with Gasteiger partial charge in [-0.15, -0.1) is 0 Å². The number of aliphatic imine (C=N–C) groups is 3. The first-order valence-corrected chi connectivity index (χ1v) is 8.05.